The van der Waals surface area contributed by atoms with Crippen LogP contribution in [0.2, 0.25) is 0 Å². The smallest absolute Gasteiger partial charge is 0.323 e. The number of aromatic nitrogens is 1. The van der Waals surface area contributed by atoms with Gasteiger partial charge in [0.2, 0.25) is 0 Å². The van der Waals surface area contributed by atoms with E-state index in [1.807, 2.05) is 6.07 Å². The SMILES string of the molecule is COCCOC(=O)C(N)C1CCC(Nc2nc3c(s2)CCCc2ccc(F)cc2-3)CC1. The molecule has 2 aliphatic rings. The predicted octanol–water partition coefficient (Wildman–Crippen LogP) is 3.93. The number of hydrogen-bond acceptors (Lipinski definition) is 7. The fraction of sp³-hybridized carbons (Fsp3) is 0.565. The summed E-state index contributed by atoms with van der Waals surface area (Å²) in [6.45, 7) is 0.617. The Hall–Kier alpha value is -2.03. The first-order valence-electron chi connectivity index (χ1n) is 11.0. The zero-order valence-electron chi connectivity index (χ0n) is 17.9. The molecule has 0 bridgehead atoms. The number of ether oxygens (including phenoxy) is 2. The van der Waals surface area contributed by atoms with Gasteiger partial charge in [-0.15, -0.1) is 11.3 Å². The molecular formula is C23H30FN3O3S. The second-order valence-corrected chi connectivity index (χ2v) is 9.47. The number of nitrogens with one attached hydrogen (secondary N) is 1. The van der Waals surface area contributed by atoms with Crippen molar-refractivity contribution in [2.24, 2.45) is 11.7 Å². The first-order valence-corrected chi connectivity index (χ1v) is 11.8. The number of esters is 1. The van der Waals surface area contributed by atoms with Crippen LogP contribution in [0.3, 0.4) is 0 Å². The maximum absolute atomic E-state index is 13.9. The van der Waals surface area contributed by atoms with Crippen molar-refractivity contribution in [3.05, 3.63) is 34.5 Å². The van der Waals surface area contributed by atoms with Crippen molar-refractivity contribution < 1.29 is 18.7 Å². The van der Waals surface area contributed by atoms with Crippen molar-refractivity contribution in [2.75, 3.05) is 25.6 Å². The number of carbonyl (C=O) groups is 1. The standard InChI is InChI=1S/C23H30FN3O3S/c1-29-11-12-30-22(28)20(25)15-6-9-17(10-7-15)26-23-27-21-18-13-16(24)8-5-14(18)3-2-4-19(21)31-23/h5,8,13,15,17,20H,2-4,6-7,9-12,25H2,1H3,(H,26,27). The summed E-state index contributed by atoms with van der Waals surface area (Å²) >= 11 is 1.68. The number of benzene rings is 1. The molecule has 1 atom stereocenters. The summed E-state index contributed by atoms with van der Waals surface area (Å²) in [6, 6.07) is 4.75. The number of halogens is 1. The molecule has 0 spiro atoms. The van der Waals surface area contributed by atoms with E-state index in [0.29, 0.717) is 12.6 Å². The Bertz CT molecular complexity index is 911. The minimum Gasteiger partial charge on any atom is -0.462 e. The monoisotopic (exact) mass is 447 g/mol. The number of aryl methyl sites for hydroxylation is 2. The van der Waals surface area contributed by atoms with E-state index in [9.17, 15) is 9.18 Å². The Morgan fingerprint density at radius 2 is 2.10 bits per heavy atom. The van der Waals surface area contributed by atoms with Crippen molar-refractivity contribution in [3.8, 4) is 11.3 Å². The minimum atomic E-state index is -0.583. The van der Waals surface area contributed by atoms with Crippen molar-refractivity contribution in [1.82, 2.24) is 4.98 Å². The average molecular weight is 448 g/mol. The highest BCUT2D eigenvalue weighted by atomic mass is 32.1. The number of thiazole rings is 1. The second kappa shape index (κ2) is 10.1. The summed E-state index contributed by atoms with van der Waals surface area (Å²) in [5.41, 5.74) is 9.16. The van der Waals surface area contributed by atoms with Gasteiger partial charge in [0, 0.05) is 23.6 Å². The van der Waals surface area contributed by atoms with Gasteiger partial charge in [-0.2, -0.15) is 0 Å². The van der Waals surface area contributed by atoms with E-state index in [1.54, 1.807) is 24.5 Å². The van der Waals surface area contributed by atoms with Crippen LogP contribution in [0.15, 0.2) is 18.2 Å². The molecule has 0 saturated heterocycles. The molecule has 0 amide bonds. The van der Waals surface area contributed by atoms with E-state index >= 15 is 0 Å². The fourth-order valence-electron chi connectivity index (χ4n) is 4.53. The lowest BCUT2D eigenvalue weighted by Crippen LogP contribution is -2.42. The van der Waals surface area contributed by atoms with E-state index in [1.165, 1.54) is 16.5 Å². The molecule has 2 aliphatic carbocycles. The highest BCUT2D eigenvalue weighted by Crippen LogP contribution is 2.38. The van der Waals surface area contributed by atoms with E-state index in [2.05, 4.69) is 5.32 Å². The lowest BCUT2D eigenvalue weighted by Gasteiger charge is -2.31. The van der Waals surface area contributed by atoms with Crippen LogP contribution in [-0.4, -0.2) is 43.4 Å². The summed E-state index contributed by atoms with van der Waals surface area (Å²) in [6.07, 6.45) is 6.58. The van der Waals surface area contributed by atoms with Gasteiger partial charge in [-0.3, -0.25) is 4.79 Å². The van der Waals surface area contributed by atoms with Crippen LogP contribution in [0.4, 0.5) is 9.52 Å². The number of hydrogen-bond donors (Lipinski definition) is 2. The number of nitrogens with two attached hydrogens (primary N) is 1. The molecule has 31 heavy (non-hydrogen) atoms. The van der Waals surface area contributed by atoms with Gasteiger partial charge < -0.3 is 20.5 Å². The van der Waals surface area contributed by atoms with Crippen LogP contribution in [0.5, 0.6) is 0 Å². The van der Waals surface area contributed by atoms with Crippen LogP contribution >= 0.6 is 11.3 Å². The average Bonchev–Trinajstić information content (AvgIpc) is 3.09. The van der Waals surface area contributed by atoms with Gasteiger partial charge in [-0.1, -0.05) is 6.07 Å². The Kier molecular flexibility index (Phi) is 7.20. The number of carbonyl (C=O) groups excluding carboxylic acids is 1. The number of methoxy groups -OCH3 is 1. The summed E-state index contributed by atoms with van der Waals surface area (Å²) in [7, 11) is 1.57. The molecule has 168 valence electrons. The Labute approximate surface area is 186 Å². The normalized spacial score (nSPS) is 21.5. The van der Waals surface area contributed by atoms with E-state index in [-0.39, 0.29) is 24.3 Å². The largest absolute Gasteiger partial charge is 0.462 e. The number of anilines is 1. The third-order valence-corrected chi connectivity index (χ3v) is 7.33. The topological polar surface area (TPSA) is 86.5 Å². The highest BCUT2D eigenvalue weighted by Gasteiger charge is 2.31. The van der Waals surface area contributed by atoms with Gasteiger partial charge in [-0.05, 0) is 68.6 Å². The van der Waals surface area contributed by atoms with E-state index in [4.69, 9.17) is 20.2 Å². The molecule has 1 unspecified atom stereocenters. The Balaban J connectivity index is 1.35. The lowest BCUT2D eigenvalue weighted by molar-refractivity contribution is -0.148. The summed E-state index contributed by atoms with van der Waals surface area (Å²) in [5.74, 6) is -0.427. The van der Waals surface area contributed by atoms with Gasteiger partial charge in [0.05, 0.1) is 12.3 Å². The molecule has 0 aliphatic heterocycles. The zero-order chi connectivity index (χ0) is 21.8. The summed E-state index contributed by atoms with van der Waals surface area (Å²) in [5, 5.41) is 4.47. The first-order chi connectivity index (χ1) is 15.0. The van der Waals surface area contributed by atoms with Gasteiger partial charge in [0.15, 0.2) is 5.13 Å². The van der Waals surface area contributed by atoms with Crippen molar-refractivity contribution in [1.29, 1.82) is 0 Å². The lowest BCUT2D eigenvalue weighted by atomic mass is 9.82. The quantitative estimate of drug-likeness (QED) is 0.494. The number of nitrogens with zero attached hydrogens (tertiary/aromatic N) is 1. The van der Waals surface area contributed by atoms with Gasteiger partial charge >= 0.3 is 5.97 Å². The van der Waals surface area contributed by atoms with Gasteiger partial charge in [-0.25, -0.2) is 9.37 Å². The molecule has 6 nitrogen and oxygen atoms in total. The van der Waals surface area contributed by atoms with E-state index in [0.717, 1.165) is 61.3 Å². The van der Waals surface area contributed by atoms with E-state index < -0.39 is 6.04 Å². The van der Waals surface area contributed by atoms with Crippen molar-refractivity contribution in [3.63, 3.8) is 0 Å². The molecule has 1 aromatic heterocycles. The van der Waals surface area contributed by atoms with Crippen LogP contribution in [0, 0.1) is 11.7 Å². The summed E-state index contributed by atoms with van der Waals surface area (Å²) in [4.78, 5) is 18.2. The second-order valence-electron chi connectivity index (χ2n) is 8.39. The van der Waals surface area contributed by atoms with Gasteiger partial charge in [0.25, 0.3) is 0 Å². The van der Waals surface area contributed by atoms with Crippen LogP contribution in [0.1, 0.15) is 42.5 Å². The first kappa shape index (κ1) is 22.2. The third kappa shape index (κ3) is 5.25. The minimum absolute atomic E-state index is 0.135. The Morgan fingerprint density at radius 3 is 2.87 bits per heavy atom. The highest BCUT2D eigenvalue weighted by molar-refractivity contribution is 7.16. The molecule has 3 N–H and O–H groups in total. The molecule has 0 radical (unpaired) electrons. The number of rotatable bonds is 7. The maximum Gasteiger partial charge on any atom is 0.323 e. The molecule has 2 aromatic rings. The fourth-order valence-corrected chi connectivity index (χ4v) is 5.63. The predicted molar refractivity (Wildman–Crippen MR) is 120 cm³/mol. The number of fused-ring (bicyclic) bond motifs is 3. The zero-order valence-corrected chi connectivity index (χ0v) is 18.7. The molecule has 1 aromatic carbocycles. The van der Waals surface area contributed by atoms with Crippen LogP contribution < -0.4 is 11.1 Å². The van der Waals surface area contributed by atoms with Crippen LogP contribution in [0.25, 0.3) is 11.3 Å². The Morgan fingerprint density at radius 1 is 1.29 bits per heavy atom. The van der Waals surface area contributed by atoms with Gasteiger partial charge in [0.1, 0.15) is 18.5 Å². The molecule has 1 heterocycles. The molecule has 1 fully saturated rings. The molecular weight excluding hydrogens is 417 g/mol. The molecule has 1 saturated carbocycles. The van der Waals surface area contributed by atoms with Crippen molar-refractivity contribution in [2.45, 2.75) is 57.0 Å². The maximum atomic E-state index is 13.9. The molecule has 4 rings (SSSR count). The molecule has 8 heteroatoms. The third-order valence-electron chi connectivity index (χ3n) is 6.29. The summed E-state index contributed by atoms with van der Waals surface area (Å²) < 4.78 is 23.9. The van der Waals surface area contributed by atoms with Crippen molar-refractivity contribution >= 4 is 22.4 Å². The van der Waals surface area contributed by atoms with Crippen LogP contribution in [-0.2, 0) is 27.1 Å².